The number of hydrogen-bond acceptors (Lipinski definition) is 4. The van der Waals surface area contributed by atoms with E-state index in [0.717, 1.165) is 17.4 Å². The van der Waals surface area contributed by atoms with Gasteiger partial charge in [0.1, 0.15) is 11.5 Å². The third-order valence-corrected chi connectivity index (χ3v) is 4.01. The van der Waals surface area contributed by atoms with E-state index in [1.165, 1.54) is 10.6 Å². The van der Waals surface area contributed by atoms with Gasteiger partial charge in [-0.15, -0.1) is 0 Å². The van der Waals surface area contributed by atoms with E-state index in [9.17, 15) is 27.2 Å². The van der Waals surface area contributed by atoms with Crippen molar-refractivity contribution in [3.8, 4) is 0 Å². The number of nitrogens with one attached hydrogen (secondary N) is 1. The van der Waals surface area contributed by atoms with Gasteiger partial charge in [-0.05, 0) is 26.0 Å². The van der Waals surface area contributed by atoms with Crippen LogP contribution in [0, 0.1) is 5.82 Å². The number of rotatable bonds is 3. The average Bonchev–Trinajstić information content (AvgIpc) is 2.72. The molecule has 1 heterocycles. The van der Waals surface area contributed by atoms with Gasteiger partial charge in [0.2, 0.25) is 0 Å². The number of carbonyl (C=O) groups is 1. The summed E-state index contributed by atoms with van der Waals surface area (Å²) in [7, 11) is 0. The largest absolute Gasteiger partial charge is 0.430 e. The molecule has 0 bridgehead atoms. The Morgan fingerprint density at radius 3 is 2.54 bits per heavy atom. The van der Waals surface area contributed by atoms with Crippen LogP contribution in [0.5, 0.6) is 0 Å². The number of aromatic nitrogens is 1. The van der Waals surface area contributed by atoms with Gasteiger partial charge in [0.15, 0.2) is 0 Å². The molecule has 0 saturated heterocycles. The first-order valence-corrected chi connectivity index (χ1v) is 7.52. The monoisotopic (exact) mass is 363 g/mol. The summed E-state index contributed by atoms with van der Waals surface area (Å²) >= 11 is 0.837. The number of alkyl halides is 3. The van der Waals surface area contributed by atoms with Gasteiger partial charge < -0.3 is 11.1 Å². The Morgan fingerprint density at radius 1 is 1.38 bits per heavy atom. The molecule has 10 heteroatoms. The topological polar surface area (TPSA) is 77.1 Å². The zero-order chi connectivity index (χ0) is 18.2. The maximum Gasteiger partial charge on any atom is 0.430 e. The fourth-order valence-corrected chi connectivity index (χ4v) is 3.05. The molecule has 0 aliphatic heterocycles. The molecule has 1 amide bonds. The summed E-state index contributed by atoms with van der Waals surface area (Å²) in [6.07, 6.45) is -4.72. The first-order chi connectivity index (χ1) is 11.0. The summed E-state index contributed by atoms with van der Waals surface area (Å²) in [5.41, 5.74) is 3.18. The summed E-state index contributed by atoms with van der Waals surface area (Å²) in [6.45, 7) is 3.50. The molecule has 24 heavy (non-hydrogen) atoms. The molecular weight excluding hydrogens is 350 g/mol. The van der Waals surface area contributed by atoms with Crippen molar-refractivity contribution in [2.75, 3.05) is 5.32 Å². The smallest absolute Gasteiger partial charge is 0.395 e. The summed E-state index contributed by atoms with van der Waals surface area (Å²) in [5, 5.41) is 2.00. The SMILES string of the molecule is CC(C)n1c(=O)sc2cc(F)c(NC(=O)C=C(N)C(F)(F)F)cc21. The summed E-state index contributed by atoms with van der Waals surface area (Å²) in [5.74, 6) is -2.09. The lowest BCUT2D eigenvalue weighted by Gasteiger charge is -2.10. The minimum atomic E-state index is -4.86. The molecule has 0 aliphatic carbocycles. The Bertz CT molecular complexity index is 880. The van der Waals surface area contributed by atoms with Gasteiger partial charge in [0.25, 0.3) is 5.91 Å². The van der Waals surface area contributed by atoms with Gasteiger partial charge in [-0.3, -0.25) is 14.2 Å². The number of carbonyl (C=O) groups excluding carboxylic acids is 1. The van der Waals surface area contributed by atoms with E-state index in [4.69, 9.17) is 5.73 Å². The van der Waals surface area contributed by atoms with Crippen LogP contribution in [0.2, 0.25) is 0 Å². The van der Waals surface area contributed by atoms with Gasteiger partial charge in [0, 0.05) is 12.1 Å². The summed E-state index contributed by atoms with van der Waals surface area (Å²) < 4.78 is 52.7. The van der Waals surface area contributed by atoms with Crippen molar-refractivity contribution in [3.63, 3.8) is 0 Å². The zero-order valence-electron chi connectivity index (χ0n) is 12.6. The van der Waals surface area contributed by atoms with Crippen LogP contribution in [-0.2, 0) is 4.79 Å². The Kier molecular flexibility index (Phi) is 4.70. The van der Waals surface area contributed by atoms with E-state index in [0.29, 0.717) is 10.2 Å². The van der Waals surface area contributed by atoms with Crippen LogP contribution < -0.4 is 15.9 Å². The van der Waals surface area contributed by atoms with E-state index in [2.05, 4.69) is 0 Å². The molecule has 5 nitrogen and oxygen atoms in total. The quantitative estimate of drug-likeness (QED) is 0.650. The lowest BCUT2D eigenvalue weighted by atomic mass is 10.2. The Labute approximate surface area is 137 Å². The number of thiazole rings is 1. The molecule has 130 valence electrons. The first kappa shape index (κ1) is 18.0. The van der Waals surface area contributed by atoms with Gasteiger partial charge in [-0.1, -0.05) is 11.3 Å². The maximum atomic E-state index is 14.0. The molecule has 3 N–H and O–H groups in total. The minimum Gasteiger partial charge on any atom is -0.395 e. The highest BCUT2D eigenvalue weighted by Crippen LogP contribution is 2.27. The third-order valence-electron chi connectivity index (χ3n) is 3.09. The van der Waals surface area contributed by atoms with Crippen LogP contribution in [0.1, 0.15) is 19.9 Å². The molecule has 0 fully saturated rings. The van der Waals surface area contributed by atoms with Crippen LogP contribution in [0.15, 0.2) is 28.7 Å². The van der Waals surface area contributed by atoms with Crippen LogP contribution in [0.4, 0.5) is 23.2 Å². The highest BCUT2D eigenvalue weighted by molar-refractivity contribution is 7.16. The summed E-state index contributed by atoms with van der Waals surface area (Å²) in [6, 6.07) is 2.05. The fraction of sp³-hybridized carbons (Fsp3) is 0.286. The van der Waals surface area contributed by atoms with Gasteiger partial charge in [0.05, 0.1) is 15.9 Å². The highest BCUT2D eigenvalue weighted by atomic mass is 32.1. The first-order valence-electron chi connectivity index (χ1n) is 6.70. The minimum absolute atomic E-state index is 0.132. The molecule has 0 radical (unpaired) electrons. The molecular formula is C14H13F4N3O2S. The fourth-order valence-electron chi connectivity index (χ4n) is 2.03. The van der Waals surface area contributed by atoms with Crippen molar-refractivity contribution in [1.29, 1.82) is 0 Å². The van der Waals surface area contributed by atoms with Crippen molar-refractivity contribution in [1.82, 2.24) is 4.57 Å². The molecule has 1 aromatic heterocycles. The number of amides is 1. The van der Waals surface area contributed by atoms with Crippen molar-refractivity contribution in [2.24, 2.45) is 5.73 Å². The number of halogens is 4. The van der Waals surface area contributed by atoms with Crippen molar-refractivity contribution >= 4 is 33.1 Å². The number of benzene rings is 1. The van der Waals surface area contributed by atoms with Crippen LogP contribution in [0.3, 0.4) is 0 Å². The molecule has 0 atom stereocenters. The standard InChI is InChI=1S/C14H13F4N3O2S/c1-6(2)21-9-4-8(7(15)3-10(9)24-13(21)23)20-12(22)5-11(19)14(16,17)18/h3-6H,19H2,1-2H3,(H,20,22). The van der Waals surface area contributed by atoms with Gasteiger partial charge >= 0.3 is 11.0 Å². The highest BCUT2D eigenvalue weighted by Gasteiger charge is 2.32. The number of hydrogen-bond donors (Lipinski definition) is 2. The second-order valence-corrected chi connectivity index (χ2v) is 6.21. The van der Waals surface area contributed by atoms with E-state index in [1.54, 1.807) is 13.8 Å². The number of fused-ring (bicyclic) bond motifs is 1. The van der Waals surface area contributed by atoms with Crippen molar-refractivity contribution in [3.05, 3.63) is 39.4 Å². The zero-order valence-corrected chi connectivity index (χ0v) is 13.4. The predicted molar refractivity (Wildman–Crippen MR) is 83.4 cm³/mol. The molecule has 2 aromatic rings. The van der Waals surface area contributed by atoms with Crippen LogP contribution in [0.25, 0.3) is 10.2 Å². The molecule has 2 rings (SSSR count). The maximum absolute atomic E-state index is 14.0. The van der Waals surface area contributed by atoms with Crippen LogP contribution >= 0.6 is 11.3 Å². The van der Waals surface area contributed by atoms with Crippen molar-refractivity contribution < 1.29 is 22.4 Å². The third kappa shape index (κ3) is 3.58. The van der Waals surface area contributed by atoms with E-state index in [1.807, 2.05) is 5.32 Å². The molecule has 0 saturated carbocycles. The lowest BCUT2D eigenvalue weighted by molar-refractivity contribution is -0.113. The number of nitrogens with two attached hydrogens (primary N) is 1. The number of nitrogens with zero attached hydrogens (tertiary/aromatic N) is 1. The Hall–Kier alpha value is -2.36. The second kappa shape index (κ2) is 6.27. The summed E-state index contributed by atoms with van der Waals surface area (Å²) in [4.78, 5) is 23.2. The van der Waals surface area contributed by atoms with E-state index in [-0.39, 0.29) is 22.7 Å². The Balaban J connectivity index is 2.43. The van der Waals surface area contributed by atoms with Crippen molar-refractivity contribution in [2.45, 2.75) is 26.1 Å². The molecule has 0 spiro atoms. The van der Waals surface area contributed by atoms with E-state index >= 15 is 0 Å². The molecule has 0 aliphatic rings. The van der Waals surface area contributed by atoms with Crippen LogP contribution in [-0.4, -0.2) is 16.7 Å². The molecule has 0 unspecified atom stereocenters. The average molecular weight is 363 g/mol. The second-order valence-electron chi connectivity index (χ2n) is 5.22. The number of anilines is 1. The van der Waals surface area contributed by atoms with Gasteiger partial charge in [-0.2, -0.15) is 13.2 Å². The predicted octanol–water partition coefficient (Wildman–Crippen LogP) is 3.13. The Morgan fingerprint density at radius 2 is 2.00 bits per heavy atom. The normalized spacial score (nSPS) is 12.9. The van der Waals surface area contributed by atoms with E-state index < -0.39 is 23.6 Å². The molecule has 1 aromatic carbocycles. The number of allylic oxidation sites excluding steroid dienone is 1. The van der Waals surface area contributed by atoms with Gasteiger partial charge in [-0.25, -0.2) is 4.39 Å². The lowest BCUT2D eigenvalue weighted by Crippen LogP contribution is -2.22.